The zero-order valence-corrected chi connectivity index (χ0v) is 10.6. The fraction of sp³-hybridized carbons (Fsp3) is 0.615. The van der Waals surface area contributed by atoms with Crippen LogP contribution in [0.25, 0.3) is 0 Å². The molecule has 88 valence electrons. The number of alkyl halides is 1. The number of rotatable bonds is 3. The minimum absolute atomic E-state index is 0.764. The Bertz CT molecular complexity index is 338. The second kappa shape index (κ2) is 5.53. The minimum atomic E-state index is 0.764. The van der Waals surface area contributed by atoms with Crippen molar-refractivity contribution in [3.05, 3.63) is 24.0 Å². The van der Waals surface area contributed by atoms with Crippen LogP contribution in [0.15, 0.2) is 18.3 Å². The van der Waals surface area contributed by atoms with Crippen LogP contribution in [0, 0.1) is 12.8 Å². The van der Waals surface area contributed by atoms with Gasteiger partial charge in [-0.1, -0.05) is 0 Å². The Kier molecular flexibility index (Phi) is 4.05. The molecule has 0 amide bonds. The highest BCUT2D eigenvalue weighted by Gasteiger charge is 2.19. The van der Waals surface area contributed by atoms with Crippen molar-refractivity contribution in [3.8, 4) is 0 Å². The smallest absolute Gasteiger partial charge is 0.0399 e. The third kappa shape index (κ3) is 2.88. The van der Waals surface area contributed by atoms with Crippen molar-refractivity contribution in [1.82, 2.24) is 4.98 Å². The van der Waals surface area contributed by atoms with E-state index in [9.17, 15) is 0 Å². The second-order valence-corrected chi connectivity index (χ2v) is 4.97. The summed E-state index contributed by atoms with van der Waals surface area (Å²) >= 11 is 5.83. The van der Waals surface area contributed by atoms with Gasteiger partial charge < -0.3 is 4.90 Å². The lowest BCUT2D eigenvalue weighted by atomic mass is 9.95. The summed E-state index contributed by atoms with van der Waals surface area (Å²) in [5.74, 6) is 1.55. The van der Waals surface area contributed by atoms with Crippen molar-refractivity contribution >= 4 is 17.3 Å². The third-order valence-electron chi connectivity index (χ3n) is 3.28. The molecule has 1 aromatic rings. The van der Waals surface area contributed by atoms with Crippen LogP contribution in [0.1, 0.15) is 25.0 Å². The average Bonchev–Trinajstić information content (AvgIpc) is 2.30. The Morgan fingerprint density at radius 3 is 3.19 bits per heavy atom. The topological polar surface area (TPSA) is 16.1 Å². The quantitative estimate of drug-likeness (QED) is 0.752. The summed E-state index contributed by atoms with van der Waals surface area (Å²) in [7, 11) is 0. The molecule has 3 heteroatoms. The Morgan fingerprint density at radius 1 is 1.56 bits per heavy atom. The fourth-order valence-electron chi connectivity index (χ4n) is 2.42. The first kappa shape index (κ1) is 11.7. The van der Waals surface area contributed by atoms with Crippen LogP contribution in [-0.2, 0) is 0 Å². The summed E-state index contributed by atoms with van der Waals surface area (Å²) in [6.07, 6.45) is 5.65. The van der Waals surface area contributed by atoms with E-state index in [2.05, 4.69) is 22.0 Å². The normalized spacial score (nSPS) is 21.1. The number of hydrogen-bond acceptors (Lipinski definition) is 2. The predicted molar refractivity (Wildman–Crippen MR) is 69.2 cm³/mol. The molecule has 0 saturated carbocycles. The van der Waals surface area contributed by atoms with Gasteiger partial charge in [0.25, 0.3) is 0 Å². The Balaban J connectivity index is 2.03. The van der Waals surface area contributed by atoms with Gasteiger partial charge in [-0.25, -0.2) is 0 Å². The average molecular weight is 239 g/mol. The van der Waals surface area contributed by atoms with Crippen molar-refractivity contribution in [1.29, 1.82) is 0 Å². The van der Waals surface area contributed by atoms with Crippen LogP contribution in [0.4, 0.5) is 5.69 Å². The number of pyridine rings is 1. The molecule has 0 spiro atoms. The van der Waals surface area contributed by atoms with E-state index >= 15 is 0 Å². The molecule has 1 atom stereocenters. The molecular weight excluding hydrogens is 220 g/mol. The summed E-state index contributed by atoms with van der Waals surface area (Å²) in [4.78, 5) is 6.71. The molecular formula is C13H19ClN2. The maximum absolute atomic E-state index is 5.83. The van der Waals surface area contributed by atoms with Crippen LogP contribution in [0.3, 0.4) is 0 Å². The second-order valence-electron chi connectivity index (χ2n) is 4.59. The minimum Gasteiger partial charge on any atom is -0.371 e. The molecule has 0 bridgehead atoms. The molecule has 1 aliphatic rings. The van der Waals surface area contributed by atoms with Crippen molar-refractivity contribution in [3.63, 3.8) is 0 Å². The molecule has 0 aliphatic carbocycles. The molecule has 1 aromatic heterocycles. The van der Waals surface area contributed by atoms with Gasteiger partial charge in [-0.3, -0.25) is 4.98 Å². The van der Waals surface area contributed by atoms with Crippen LogP contribution < -0.4 is 4.90 Å². The number of piperidine rings is 1. The fourth-order valence-corrected chi connectivity index (χ4v) is 2.73. The molecule has 1 aliphatic heterocycles. The summed E-state index contributed by atoms with van der Waals surface area (Å²) in [6, 6.07) is 4.28. The van der Waals surface area contributed by atoms with Gasteiger partial charge in [-0.2, -0.15) is 0 Å². The number of aryl methyl sites for hydroxylation is 1. The standard InChI is InChI=1S/C13H19ClN2/c1-11-9-13(5-7-15-11)16-8-2-3-12(10-16)4-6-14/h5,7,9,12H,2-4,6,8,10H2,1H3. The van der Waals surface area contributed by atoms with E-state index in [1.807, 2.05) is 13.1 Å². The van der Waals surface area contributed by atoms with Gasteiger partial charge in [0.15, 0.2) is 0 Å². The molecule has 0 aromatic carbocycles. The van der Waals surface area contributed by atoms with Gasteiger partial charge in [-0.15, -0.1) is 11.6 Å². The first-order chi connectivity index (χ1) is 7.79. The third-order valence-corrected chi connectivity index (χ3v) is 3.50. The van der Waals surface area contributed by atoms with Crippen molar-refractivity contribution in [2.75, 3.05) is 23.9 Å². The zero-order valence-electron chi connectivity index (χ0n) is 9.82. The molecule has 1 fully saturated rings. The van der Waals surface area contributed by atoms with Crippen molar-refractivity contribution in [2.24, 2.45) is 5.92 Å². The van der Waals surface area contributed by atoms with Crippen LogP contribution in [-0.4, -0.2) is 24.0 Å². The lowest BCUT2D eigenvalue weighted by Gasteiger charge is -2.34. The van der Waals surface area contributed by atoms with Gasteiger partial charge in [0.2, 0.25) is 0 Å². The maximum atomic E-state index is 5.83. The van der Waals surface area contributed by atoms with Crippen LogP contribution in [0.5, 0.6) is 0 Å². The predicted octanol–water partition coefficient (Wildman–Crippen LogP) is 3.24. The van der Waals surface area contributed by atoms with E-state index in [4.69, 9.17) is 11.6 Å². The molecule has 2 rings (SSSR count). The van der Waals surface area contributed by atoms with Gasteiger partial charge in [0.1, 0.15) is 0 Å². The molecule has 2 heterocycles. The Morgan fingerprint density at radius 2 is 2.44 bits per heavy atom. The highest BCUT2D eigenvalue weighted by atomic mass is 35.5. The first-order valence-corrected chi connectivity index (χ1v) is 6.56. The van der Waals surface area contributed by atoms with E-state index in [1.54, 1.807) is 0 Å². The molecule has 0 radical (unpaired) electrons. The van der Waals surface area contributed by atoms with Gasteiger partial charge in [0, 0.05) is 36.5 Å². The summed E-state index contributed by atoms with van der Waals surface area (Å²) in [6.45, 7) is 4.36. The number of nitrogens with zero attached hydrogens (tertiary/aromatic N) is 2. The summed E-state index contributed by atoms with van der Waals surface area (Å²) in [5, 5.41) is 0. The van der Waals surface area contributed by atoms with E-state index < -0.39 is 0 Å². The molecule has 0 N–H and O–H groups in total. The van der Waals surface area contributed by atoms with Gasteiger partial charge in [-0.05, 0) is 44.2 Å². The summed E-state index contributed by atoms with van der Waals surface area (Å²) < 4.78 is 0. The van der Waals surface area contributed by atoms with Crippen molar-refractivity contribution in [2.45, 2.75) is 26.2 Å². The lowest BCUT2D eigenvalue weighted by molar-refractivity contribution is 0.406. The van der Waals surface area contributed by atoms with Crippen LogP contribution in [0.2, 0.25) is 0 Å². The van der Waals surface area contributed by atoms with E-state index in [0.717, 1.165) is 30.5 Å². The monoisotopic (exact) mass is 238 g/mol. The van der Waals surface area contributed by atoms with Crippen molar-refractivity contribution < 1.29 is 0 Å². The zero-order chi connectivity index (χ0) is 11.4. The Labute approximate surface area is 103 Å². The van der Waals surface area contributed by atoms with Gasteiger partial charge >= 0.3 is 0 Å². The highest BCUT2D eigenvalue weighted by molar-refractivity contribution is 6.17. The molecule has 2 nitrogen and oxygen atoms in total. The molecule has 16 heavy (non-hydrogen) atoms. The highest BCUT2D eigenvalue weighted by Crippen LogP contribution is 2.25. The molecule has 1 saturated heterocycles. The number of aromatic nitrogens is 1. The first-order valence-electron chi connectivity index (χ1n) is 6.03. The lowest BCUT2D eigenvalue weighted by Crippen LogP contribution is -2.35. The molecule has 1 unspecified atom stereocenters. The van der Waals surface area contributed by atoms with Crippen LogP contribution >= 0.6 is 11.6 Å². The van der Waals surface area contributed by atoms with E-state index in [-0.39, 0.29) is 0 Å². The number of hydrogen-bond donors (Lipinski definition) is 0. The number of anilines is 1. The summed E-state index contributed by atoms with van der Waals surface area (Å²) in [5.41, 5.74) is 2.41. The van der Waals surface area contributed by atoms with E-state index in [0.29, 0.717) is 0 Å². The van der Waals surface area contributed by atoms with Gasteiger partial charge in [0.05, 0.1) is 0 Å². The number of halogens is 1. The Hall–Kier alpha value is -0.760. The maximum Gasteiger partial charge on any atom is 0.0399 e. The van der Waals surface area contributed by atoms with E-state index in [1.165, 1.54) is 25.1 Å². The largest absolute Gasteiger partial charge is 0.371 e. The SMILES string of the molecule is Cc1cc(N2CCCC(CCCl)C2)ccn1.